The number of aryl methyl sites for hydroxylation is 1. The van der Waals surface area contributed by atoms with Gasteiger partial charge in [0.15, 0.2) is 6.04 Å². The van der Waals surface area contributed by atoms with Crippen LogP contribution in [0.5, 0.6) is 0 Å². The van der Waals surface area contributed by atoms with Gasteiger partial charge in [0, 0.05) is 11.8 Å². The molecule has 0 bridgehead atoms. The average molecular weight is 267 g/mol. The van der Waals surface area contributed by atoms with Crippen molar-refractivity contribution in [2.75, 3.05) is 0 Å². The SMILES string of the molecule is Cc1ccc(C([NH3+])c2ccc(C(F)(F)F)cn2)cc1. The fourth-order valence-electron chi connectivity index (χ4n) is 1.75. The quantitative estimate of drug-likeness (QED) is 0.893. The topological polar surface area (TPSA) is 40.5 Å². The Morgan fingerprint density at radius 1 is 1.05 bits per heavy atom. The van der Waals surface area contributed by atoms with Gasteiger partial charge in [0.2, 0.25) is 0 Å². The maximum atomic E-state index is 12.4. The van der Waals surface area contributed by atoms with Crippen molar-refractivity contribution >= 4 is 0 Å². The molecule has 1 aromatic carbocycles. The van der Waals surface area contributed by atoms with Crippen LogP contribution in [-0.4, -0.2) is 4.98 Å². The van der Waals surface area contributed by atoms with Crippen molar-refractivity contribution in [2.24, 2.45) is 0 Å². The van der Waals surface area contributed by atoms with Gasteiger partial charge in [-0.1, -0.05) is 29.8 Å². The van der Waals surface area contributed by atoms with E-state index in [1.165, 1.54) is 6.07 Å². The van der Waals surface area contributed by atoms with Gasteiger partial charge in [-0.3, -0.25) is 4.98 Å². The van der Waals surface area contributed by atoms with Crippen LogP contribution in [0.3, 0.4) is 0 Å². The normalized spacial score (nSPS) is 13.3. The molecule has 2 rings (SSSR count). The van der Waals surface area contributed by atoms with Gasteiger partial charge >= 0.3 is 6.18 Å². The molecular weight excluding hydrogens is 253 g/mol. The molecule has 1 unspecified atom stereocenters. The third kappa shape index (κ3) is 3.12. The minimum absolute atomic E-state index is 0.275. The van der Waals surface area contributed by atoms with E-state index in [0.717, 1.165) is 23.4 Å². The Labute approximate surface area is 109 Å². The predicted molar refractivity (Wildman–Crippen MR) is 65.1 cm³/mol. The van der Waals surface area contributed by atoms with Crippen LogP contribution in [0.2, 0.25) is 0 Å². The average Bonchev–Trinajstić information content (AvgIpc) is 2.38. The highest BCUT2D eigenvalue weighted by Gasteiger charge is 2.31. The first-order chi connectivity index (χ1) is 8.88. The molecule has 100 valence electrons. The maximum Gasteiger partial charge on any atom is 0.417 e. The first-order valence-corrected chi connectivity index (χ1v) is 5.81. The largest absolute Gasteiger partial charge is 0.417 e. The van der Waals surface area contributed by atoms with E-state index < -0.39 is 11.7 Å². The van der Waals surface area contributed by atoms with Crippen LogP contribution in [0.15, 0.2) is 42.6 Å². The van der Waals surface area contributed by atoms with Crippen LogP contribution in [0.4, 0.5) is 13.2 Å². The van der Waals surface area contributed by atoms with E-state index in [0.29, 0.717) is 5.69 Å². The molecule has 1 aromatic heterocycles. The summed E-state index contributed by atoms with van der Waals surface area (Å²) in [6.45, 7) is 1.97. The van der Waals surface area contributed by atoms with Crippen molar-refractivity contribution in [3.63, 3.8) is 0 Å². The molecular formula is C14H14F3N2+. The molecule has 0 aliphatic heterocycles. The lowest BCUT2D eigenvalue weighted by Gasteiger charge is -2.10. The van der Waals surface area contributed by atoms with Gasteiger partial charge in [-0.2, -0.15) is 13.2 Å². The lowest BCUT2D eigenvalue weighted by Crippen LogP contribution is -2.54. The van der Waals surface area contributed by atoms with E-state index in [1.54, 1.807) is 0 Å². The van der Waals surface area contributed by atoms with Crippen molar-refractivity contribution in [3.05, 3.63) is 65.0 Å². The number of pyridine rings is 1. The van der Waals surface area contributed by atoms with Gasteiger partial charge in [-0.05, 0) is 19.1 Å². The molecule has 0 saturated heterocycles. The van der Waals surface area contributed by atoms with Gasteiger partial charge in [0.25, 0.3) is 0 Å². The number of benzene rings is 1. The summed E-state index contributed by atoms with van der Waals surface area (Å²) in [5.41, 5.74) is 5.79. The van der Waals surface area contributed by atoms with Crippen LogP contribution >= 0.6 is 0 Å². The molecule has 0 aliphatic carbocycles. The number of alkyl halides is 3. The van der Waals surface area contributed by atoms with E-state index in [9.17, 15) is 13.2 Å². The summed E-state index contributed by atoms with van der Waals surface area (Å²) in [5.74, 6) is 0. The Balaban J connectivity index is 2.25. The minimum atomic E-state index is -4.36. The van der Waals surface area contributed by atoms with Gasteiger partial charge in [-0.15, -0.1) is 0 Å². The Bertz CT molecular complexity index is 544. The van der Waals surface area contributed by atoms with Crippen LogP contribution in [0.25, 0.3) is 0 Å². The van der Waals surface area contributed by atoms with Gasteiger partial charge in [0.1, 0.15) is 5.69 Å². The smallest absolute Gasteiger partial charge is 0.346 e. The number of nitrogens with zero attached hydrogens (tertiary/aromatic N) is 1. The highest BCUT2D eigenvalue weighted by molar-refractivity contribution is 5.29. The van der Waals surface area contributed by atoms with Gasteiger partial charge < -0.3 is 5.73 Å². The van der Waals surface area contributed by atoms with Gasteiger partial charge in [0.05, 0.1) is 5.56 Å². The molecule has 5 heteroatoms. The fraction of sp³-hybridized carbons (Fsp3) is 0.214. The molecule has 0 aliphatic rings. The standard InChI is InChI=1S/C14H13F3N2/c1-9-2-4-10(5-3-9)13(18)12-7-6-11(8-19-12)14(15,16)17/h2-8,13H,18H2,1H3/p+1. The maximum absolute atomic E-state index is 12.4. The molecule has 0 radical (unpaired) electrons. The van der Waals surface area contributed by atoms with Crippen molar-refractivity contribution in [2.45, 2.75) is 19.1 Å². The molecule has 1 heterocycles. The lowest BCUT2D eigenvalue weighted by molar-refractivity contribution is -0.412. The number of hydrogen-bond donors (Lipinski definition) is 1. The minimum Gasteiger partial charge on any atom is -0.346 e. The summed E-state index contributed by atoms with van der Waals surface area (Å²) in [6, 6.07) is 9.84. The number of quaternary nitrogens is 1. The van der Waals surface area contributed by atoms with E-state index in [-0.39, 0.29) is 6.04 Å². The Kier molecular flexibility index (Phi) is 3.57. The number of aromatic nitrogens is 1. The highest BCUT2D eigenvalue weighted by atomic mass is 19.4. The second-order valence-electron chi connectivity index (χ2n) is 4.43. The van der Waals surface area contributed by atoms with Crippen LogP contribution < -0.4 is 5.73 Å². The lowest BCUT2D eigenvalue weighted by atomic mass is 10.0. The zero-order valence-electron chi connectivity index (χ0n) is 10.4. The summed E-state index contributed by atoms with van der Waals surface area (Å²) in [4.78, 5) is 3.86. The molecule has 3 N–H and O–H groups in total. The third-order valence-electron chi connectivity index (χ3n) is 2.95. The Morgan fingerprint density at radius 2 is 1.68 bits per heavy atom. The molecule has 0 saturated carbocycles. The molecule has 19 heavy (non-hydrogen) atoms. The summed E-state index contributed by atoms with van der Waals surface area (Å²) in [7, 11) is 0. The third-order valence-corrected chi connectivity index (χ3v) is 2.95. The highest BCUT2D eigenvalue weighted by Crippen LogP contribution is 2.29. The number of hydrogen-bond acceptors (Lipinski definition) is 1. The summed E-state index contributed by atoms with van der Waals surface area (Å²) >= 11 is 0. The Hall–Kier alpha value is -1.88. The van der Waals surface area contributed by atoms with E-state index in [4.69, 9.17) is 0 Å². The molecule has 0 amide bonds. The second-order valence-corrected chi connectivity index (χ2v) is 4.43. The zero-order chi connectivity index (χ0) is 14.0. The number of rotatable bonds is 2. The van der Waals surface area contributed by atoms with Crippen molar-refractivity contribution < 1.29 is 18.9 Å². The van der Waals surface area contributed by atoms with Crippen molar-refractivity contribution in [1.29, 1.82) is 0 Å². The Morgan fingerprint density at radius 3 is 2.16 bits per heavy atom. The molecule has 2 nitrogen and oxygen atoms in total. The first-order valence-electron chi connectivity index (χ1n) is 5.81. The summed E-state index contributed by atoms with van der Waals surface area (Å²) in [6.07, 6.45) is -3.51. The van der Waals surface area contributed by atoms with E-state index >= 15 is 0 Å². The molecule has 0 spiro atoms. The first kappa shape index (κ1) is 13.5. The zero-order valence-corrected chi connectivity index (χ0v) is 10.4. The van der Waals surface area contributed by atoms with Crippen LogP contribution in [-0.2, 0) is 6.18 Å². The predicted octanol–water partition coefficient (Wildman–Crippen LogP) is 2.74. The fourth-order valence-corrected chi connectivity index (χ4v) is 1.75. The number of halogens is 3. The molecule has 2 aromatic rings. The van der Waals surface area contributed by atoms with Crippen LogP contribution in [0, 0.1) is 6.92 Å². The second kappa shape index (κ2) is 5.01. The van der Waals surface area contributed by atoms with Gasteiger partial charge in [-0.25, -0.2) is 0 Å². The summed E-state index contributed by atoms with van der Waals surface area (Å²) < 4.78 is 37.3. The van der Waals surface area contributed by atoms with E-state index in [2.05, 4.69) is 10.7 Å². The monoisotopic (exact) mass is 267 g/mol. The molecule has 0 fully saturated rings. The van der Waals surface area contributed by atoms with E-state index in [1.807, 2.05) is 31.2 Å². The molecule has 1 atom stereocenters. The summed E-state index contributed by atoms with van der Waals surface area (Å²) in [5, 5.41) is 0. The van der Waals surface area contributed by atoms with Crippen molar-refractivity contribution in [1.82, 2.24) is 4.98 Å². The van der Waals surface area contributed by atoms with Crippen LogP contribution in [0.1, 0.15) is 28.4 Å². The van der Waals surface area contributed by atoms with Crippen molar-refractivity contribution in [3.8, 4) is 0 Å².